The molecule has 2 aromatic heterocycles. The fraction of sp³-hybridized carbons (Fsp3) is 0.296. The quantitative estimate of drug-likeness (QED) is 0.341. The summed E-state index contributed by atoms with van der Waals surface area (Å²) in [6.45, 7) is 4.12. The molecule has 166 valence electrons. The first-order valence-electron chi connectivity index (χ1n) is 11.6. The zero-order chi connectivity index (χ0) is 22.5. The molecule has 0 radical (unpaired) electrons. The van der Waals surface area contributed by atoms with E-state index >= 15 is 0 Å². The van der Waals surface area contributed by atoms with E-state index in [9.17, 15) is 0 Å². The monoisotopic (exact) mass is 472 g/mol. The van der Waals surface area contributed by atoms with Gasteiger partial charge in [-0.2, -0.15) is 0 Å². The average Bonchev–Trinajstić information content (AvgIpc) is 3.49. The molecule has 4 aromatic rings. The predicted molar refractivity (Wildman–Crippen MR) is 135 cm³/mol. The Balaban J connectivity index is 1.42. The van der Waals surface area contributed by atoms with Gasteiger partial charge in [-0.3, -0.25) is 9.56 Å². The highest BCUT2D eigenvalue weighted by Gasteiger charge is 2.33. The number of rotatable bonds is 4. The van der Waals surface area contributed by atoms with Gasteiger partial charge in [-0.05, 0) is 68.7 Å². The van der Waals surface area contributed by atoms with Gasteiger partial charge in [0.15, 0.2) is 5.82 Å². The number of aromatic nitrogens is 3. The molecule has 0 saturated heterocycles. The third-order valence-electron chi connectivity index (χ3n) is 6.72. The maximum atomic E-state index is 6.93. The third-order valence-corrected chi connectivity index (χ3v) is 8.31. The average molecular weight is 473 g/mol. The lowest BCUT2D eigenvalue weighted by Crippen LogP contribution is -2.09. The first-order chi connectivity index (χ1) is 16.1. The summed E-state index contributed by atoms with van der Waals surface area (Å²) in [5, 5.41) is 10.8. The predicted octanol–water partition coefficient (Wildman–Crippen LogP) is 6.48. The summed E-state index contributed by atoms with van der Waals surface area (Å²) in [6, 6.07) is 17.0. The van der Waals surface area contributed by atoms with E-state index in [-0.39, 0.29) is 6.04 Å². The van der Waals surface area contributed by atoms with Crippen LogP contribution in [-0.2, 0) is 25.7 Å². The van der Waals surface area contributed by atoms with Crippen molar-refractivity contribution in [1.82, 2.24) is 14.8 Å². The summed E-state index contributed by atoms with van der Waals surface area (Å²) >= 11 is 8.81. The van der Waals surface area contributed by atoms with Crippen LogP contribution in [0, 0.1) is 6.92 Å². The molecule has 2 aliphatic rings. The van der Waals surface area contributed by atoms with Gasteiger partial charge in [0, 0.05) is 16.0 Å². The molecular weight excluding hydrogens is 448 g/mol. The van der Waals surface area contributed by atoms with Crippen molar-refractivity contribution in [3.05, 3.63) is 97.9 Å². The molecule has 0 spiro atoms. The van der Waals surface area contributed by atoms with Crippen molar-refractivity contribution < 1.29 is 0 Å². The zero-order valence-electron chi connectivity index (χ0n) is 18.8. The molecule has 6 rings (SSSR count). The number of halogens is 1. The number of aliphatic imine (C=N–C) groups is 1. The van der Waals surface area contributed by atoms with Gasteiger partial charge in [0.05, 0.1) is 10.7 Å². The van der Waals surface area contributed by atoms with Gasteiger partial charge in [-0.25, -0.2) is 0 Å². The molecule has 6 heteroatoms. The number of aryl methyl sites for hydroxylation is 4. The Labute approximate surface area is 203 Å². The van der Waals surface area contributed by atoms with Gasteiger partial charge in [-0.1, -0.05) is 54.1 Å². The van der Waals surface area contributed by atoms with Crippen LogP contribution in [0.25, 0.3) is 5.00 Å². The van der Waals surface area contributed by atoms with E-state index in [1.165, 1.54) is 38.6 Å². The standard InChI is InChI=1S/C27H25ClN4S/c1-16-26-31-30-17(2)32(26)27-24(21-9-6-10-23(21)33-27)25(29-16)20-14-13-19(15-22(20)28)12-11-18-7-4-3-5-8-18/h3-5,7-8,13-16H,6,9-12H2,1-2H3. The second-order valence-electron chi connectivity index (χ2n) is 8.93. The Morgan fingerprint density at radius 1 is 1.03 bits per heavy atom. The van der Waals surface area contributed by atoms with E-state index < -0.39 is 0 Å². The number of benzene rings is 2. The Morgan fingerprint density at radius 3 is 2.67 bits per heavy atom. The minimum Gasteiger partial charge on any atom is -0.273 e. The highest BCUT2D eigenvalue weighted by molar-refractivity contribution is 7.15. The normalized spacial score (nSPS) is 16.7. The van der Waals surface area contributed by atoms with Crippen LogP contribution in [0.5, 0.6) is 0 Å². The maximum absolute atomic E-state index is 6.93. The maximum Gasteiger partial charge on any atom is 0.162 e. The van der Waals surface area contributed by atoms with Crippen molar-refractivity contribution in [2.45, 2.75) is 52.0 Å². The lowest BCUT2D eigenvalue weighted by atomic mass is 9.96. The van der Waals surface area contributed by atoms with Crippen LogP contribution >= 0.6 is 22.9 Å². The summed E-state index contributed by atoms with van der Waals surface area (Å²) < 4.78 is 2.21. The summed E-state index contributed by atoms with van der Waals surface area (Å²) in [5.41, 5.74) is 7.28. The Hall–Kier alpha value is -2.76. The third kappa shape index (κ3) is 3.54. The van der Waals surface area contributed by atoms with Crippen molar-refractivity contribution in [2.75, 3.05) is 0 Å². The lowest BCUT2D eigenvalue weighted by molar-refractivity contribution is 0.724. The SMILES string of the molecule is Cc1nnc2n1-c1sc3c(c1C(c1ccc(CCc4ccccc4)cc1Cl)=NC2C)CCC3. The molecule has 1 aliphatic carbocycles. The molecule has 1 unspecified atom stereocenters. The summed E-state index contributed by atoms with van der Waals surface area (Å²) in [7, 11) is 0. The van der Waals surface area contributed by atoms with E-state index in [0.717, 1.165) is 53.6 Å². The van der Waals surface area contributed by atoms with Gasteiger partial charge in [-0.15, -0.1) is 21.5 Å². The van der Waals surface area contributed by atoms with Gasteiger partial charge in [0.2, 0.25) is 0 Å². The molecule has 0 amide bonds. The highest BCUT2D eigenvalue weighted by atomic mass is 35.5. The van der Waals surface area contributed by atoms with E-state index in [0.29, 0.717) is 0 Å². The first-order valence-corrected chi connectivity index (χ1v) is 12.8. The fourth-order valence-corrected chi connectivity index (χ4v) is 6.79. The number of hydrogen-bond acceptors (Lipinski definition) is 4. The van der Waals surface area contributed by atoms with E-state index in [4.69, 9.17) is 16.6 Å². The Morgan fingerprint density at radius 2 is 1.85 bits per heavy atom. The molecule has 4 nitrogen and oxygen atoms in total. The van der Waals surface area contributed by atoms with Crippen LogP contribution in [-0.4, -0.2) is 20.5 Å². The van der Waals surface area contributed by atoms with Crippen molar-refractivity contribution >= 4 is 28.6 Å². The van der Waals surface area contributed by atoms with Gasteiger partial charge < -0.3 is 0 Å². The Kier molecular flexibility index (Phi) is 5.19. The van der Waals surface area contributed by atoms with Gasteiger partial charge in [0.1, 0.15) is 16.9 Å². The molecule has 33 heavy (non-hydrogen) atoms. The van der Waals surface area contributed by atoms with Crippen molar-refractivity contribution in [3.8, 4) is 5.00 Å². The summed E-state index contributed by atoms with van der Waals surface area (Å²) in [6.07, 6.45) is 5.41. The molecule has 2 aromatic carbocycles. The Bertz CT molecular complexity index is 1380. The summed E-state index contributed by atoms with van der Waals surface area (Å²) in [4.78, 5) is 6.66. The minimum atomic E-state index is -0.0910. The molecular formula is C27H25ClN4S. The molecule has 1 atom stereocenters. The second-order valence-corrected chi connectivity index (χ2v) is 10.4. The van der Waals surface area contributed by atoms with Crippen LogP contribution in [0.2, 0.25) is 5.02 Å². The van der Waals surface area contributed by atoms with Crippen LogP contribution in [0.4, 0.5) is 0 Å². The van der Waals surface area contributed by atoms with Crippen LogP contribution in [0.1, 0.15) is 63.7 Å². The van der Waals surface area contributed by atoms with Crippen molar-refractivity contribution in [1.29, 1.82) is 0 Å². The largest absolute Gasteiger partial charge is 0.273 e. The number of thiophene rings is 1. The van der Waals surface area contributed by atoms with Crippen molar-refractivity contribution in [2.24, 2.45) is 4.99 Å². The lowest BCUT2D eigenvalue weighted by Gasteiger charge is -2.13. The van der Waals surface area contributed by atoms with E-state index in [1.54, 1.807) is 0 Å². The van der Waals surface area contributed by atoms with Crippen LogP contribution in [0.15, 0.2) is 53.5 Å². The van der Waals surface area contributed by atoms with E-state index in [2.05, 4.69) is 70.2 Å². The molecule has 0 bridgehead atoms. The van der Waals surface area contributed by atoms with Crippen LogP contribution in [0.3, 0.4) is 0 Å². The fourth-order valence-electron chi connectivity index (χ4n) is 5.05. The number of fused-ring (bicyclic) bond motifs is 5. The highest BCUT2D eigenvalue weighted by Crippen LogP contribution is 2.43. The number of nitrogens with zero attached hydrogens (tertiary/aromatic N) is 4. The van der Waals surface area contributed by atoms with Gasteiger partial charge in [0.25, 0.3) is 0 Å². The van der Waals surface area contributed by atoms with Gasteiger partial charge >= 0.3 is 0 Å². The van der Waals surface area contributed by atoms with Crippen molar-refractivity contribution in [3.63, 3.8) is 0 Å². The number of hydrogen-bond donors (Lipinski definition) is 0. The molecule has 0 N–H and O–H groups in total. The molecule has 0 fully saturated rings. The second kappa shape index (κ2) is 8.23. The van der Waals surface area contributed by atoms with Crippen LogP contribution < -0.4 is 0 Å². The smallest absolute Gasteiger partial charge is 0.162 e. The minimum absolute atomic E-state index is 0.0910. The topological polar surface area (TPSA) is 43.1 Å². The molecule has 0 saturated carbocycles. The van der Waals surface area contributed by atoms with E-state index in [1.807, 2.05) is 18.3 Å². The zero-order valence-corrected chi connectivity index (χ0v) is 20.4. The molecule has 3 heterocycles. The first kappa shape index (κ1) is 20.8. The molecule has 1 aliphatic heterocycles. The summed E-state index contributed by atoms with van der Waals surface area (Å²) in [5.74, 6) is 1.82.